The molecule has 1 N–H and O–H groups in total. The van der Waals surface area contributed by atoms with Crippen LogP contribution in [0.3, 0.4) is 0 Å². The van der Waals surface area contributed by atoms with Crippen molar-refractivity contribution in [1.82, 2.24) is 0 Å². The van der Waals surface area contributed by atoms with E-state index < -0.39 is 10.1 Å². The maximum atomic E-state index is 12.3. The average molecular weight is 443 g/mol. The molecule has 0 amide bonds. The van der Waals surface area contributed by atoms with E-state index in [0.29, 0.717) is 5.75 Å². The van der Waals surface area contributed by atoms with Crippen molar-refractivity contribution in [2.24, 2.45) is 0 Å². The molecule has 0 radical (unpaired) electrons. The van der Waals surface area contributed by atoms with Crippen LogP contribution in [0, 0.1) is 0 Å². The molecule has 2 aromatic rings. The van der Waals surface area contributed by atoms with Gasteiger partial charge in [0.2, 0.25) is 0 Å². The van der Waals surface area contributed by atoms with E-state index in [2.05, 4.69) is 6.92 Å². The van der Waals surface area contributed by atoms with E-state index in [-0.39, 0.29) is 46.0 Å². The van der Waals surface area contributed by atoms with Crippen LogP contribution in [0.25, 0.3) is 0 Å². The van der Waals surface area contributed by atoms with E-state index in [4.69, 9.17) is 9.29 Å². The summed E-state index contributed by atoms with van der Waals surface area (Å²) in [5.41, 5.74) is 0.860. The van der Waals surface area contributed by atoms with Crippen LogP contribution in [-0.4, -0.2) is 13.0 Å². The van der Waals surface area contributed by atoms with Gasteiger partial charge in [0.05, 0.1) is 4.90 Å². The first-order chi connectivity index (χ1) is 13.9. The molecule has 0 saturated carbocycles. The van der Waals surface area contributed by atoms with Crippen LogP contribution in [0.5, 0.6) is 17.2 Å². The largest absolute Gasteiger partial charge is 1.00 e. The Labute approximate surface area is 202 Å². The van der Waals surface area contributed by atoms with Gasteiger partial charge in [0.15, 0.2) is 0 Å². The molecule has 0 aliphatic carbocycles. The van der Waals surface area contributed by atoms with Crippen LogP contribution in [0.1, 0.15) is 70.3 Å². The summed E-state index contributed by atoms with van der Waals surface area (Å²) in [7, 11) is -4.25. The Morgan fingerprint density at radius 1 is 0.867 bits per heavy atom. The topological polar surface area (TPSA) is 86.7 Å². The van der Waals surface area contributed by atoms with Crippen molar-refractivity contribution in [2.45, 2.75) is 76.0 Å². The second kappa shape index (κ2) is 14.1. The molecule has 0 heterocycles. The van der Waals surface area contributed by atoms with Crippen LogP contribution in [0.2, 0.25) is 0 Å². The molecule has 0 aliphatic rings. The third-order valence-electron chi connectivity index (χ3n) is 4.95. The monoisotopic (exact) mass is 442 g/mol. The predicted octanol–water partition coefficient (Wildman–Crippen LogP) is 2.88. The van der Waals surface area contributed by atoms with Gasteiger partial charge in [-0.05, 0) is 42.7 Å². The van der Waals surface area contributed by atoms with E-state index in [1.165, 1.54) is 75.3 Å². The zero-order valence-corrected chi connectivity index (χ0v) is 20.9. The quantitative estimate of drug-likeness (QED) is 0.293. The maximum Gasteiger partial charge on any atom is 1.00 e. The molecule has 160 valence electrons. The first-order valence-corrected chi connectivity index (χ1v) is 11.9. The number of unbranched alkanes of at least 4 members (excludes halogenated alkanes) is 8. The van der Waals surface area contributed by atoms with Crippen LogP contribution >= 0.6 is 0 Å². The van der Waals surface area contributed by atoms with Crippen molar-refractivity contribution in [2.75, 3.05) is 0 Å². The number of ether oxygens (including phenoxy) is 1. The molecule has 0 fully saturated rings. The molecule has 2 rings (SSSR count). The summed E-state index contributed by atoms with van der Waals surface area (Å²) < 4.78 is 37.1. The van der Waals surface area contributed by atoms with E-state index in [1.807, 2.05) is 6.07 Å². The maximum absolute atomic E-state index is 12.3. The average Bonchev–Trinajstić information content (AvgIpc) is 2.69. The standard InChI is InChI=1S/C23H32O5S.Na/c1-2-3-4-5-6-7-8-9-10-12-19-13-11-14-22(24)23(19)28-20-15-17-21(18-16-20)29(25,26)27;/h11,13-18,24H,2-10,12H2,1H3,(H,25,26,27);/q;+1/p-1. The van der Waals surface area contributed by atoms with E-state index >= 15 is 0 Å². The summed E-state index contributed by atoms with van der Waals surface area (Å²) in [5.74, 6) is 0.443. The molecule has 5 nitrogen and oxygen atoms in total. The van der Waals surface area contributed by atoms with Gasteiger partial charge in [-0.3, -0.25) is 4.55 Å². The van der Waals surface area contributed by atoms with Gasteiger partial charge in [0.25, 0.3) is 10.1 Å². The van der Waals surface area contributed by atoms with Gasteiger partial charge in [0, 0.05) is 0 Å². The Hall–Kier alpha value is -1.05. The van der Waals surface area contributed by atoms with E-state index in [9.17, 15) is 13.5 Å². The molecule has 0 saturated heterocycles. The van der Waals surface area contributed by atoms with Crippen molar-refractivity contribution in [3.8, 4) is 17.2 Å². The van der Waals surface area contributed by atoms with E-state index in [1.54, 1.807) is 6.07 Å². The van der Waals surface area contributed by atoms with Gasteiger partial charge in [-0.2, -0.15) is 8.42 Å². The molecule has 0 unspecified atom stereocenters. The van der Waals surface area contributed by atoms with Crippen LogP contribution in [0.15, 0.2) is 47.4 Å². The first kappa shape index (κ1) is 27.0. The fraction of sp³-hybridized carbons (Fsp3) is 0.478. The third-order valence-corrected chi connectivity index (χ3v) is 5.82. The summed E-state index contributed by atoms with van der Waals surface area (Å²) in [4.78, 5) is -0.213. The summed E-state index contributed by atoms with van der Waals surface area (Å²) in [6, 6.07) is 10.4. The Balaban J connectivity index is 0.00000450. The predicted molar refractivity (Wildman–Crippen MR) is 113 cm³/mol. The molecular weight excluding hydrogens is 411 g/mol. The number of rotatable bonds is 13. The van der Waals surface area contributed by atoms with Gasteiger partial charge < -0.3 is 9.84 Å². The van der Waals surface area contributed by atoms with Crippen molar-refractivity contribution >= 4 is 10.1 Å². The Kier molecular flexibility index (Phi) is 12.7. The van der Waals surface area contributed by atoms with Crippen molar-refractivity contribution in [1.29, 1.82) is 0 Å². The van der Waals surface area contributed by atoms with Crippen LogP contribution in [-0.2, 0) is 16.5 Å². The minimum Gasteiger partial charge on any atom is -0.870 e. The molecule has 30 heavy (non-hydrogen) atoms. The summed E-state index contributed by atoms with van der Waals surface area (Å²) in [6.45, 7) is 2.23. The Morgan fingerprint density at radius 3 is 2.00 bits per heavy atom. The number of hydrogen-bond donors (Lipinski definition) is 1. The van der Waals surface area contributed by atoms with Gasteiger partial charge >= 0.3 is 29.6 Å². The van der Waals surface area contributed by atoms with Gasteiger partial charge in [-0.1, -0.05) is 82.2 Å². The molecule has 0 atom stereocenters. The van der Waals surface area contributed by atoms with Crippen LogP contribution < -0.4 is 39.4 Å². The molecule has 0 bridgehead atoms. The Bertz CT molecular complexity index is 850. The third kappa shape index (κ3) is 9.40. The van der Waals surface area contributed by atoms with Crippen molar-refractivity contribution < 1.29 is 52.4 Å². The number of hydrogen-bond acceptors (Lipinski definition) is 4. The van der Waals surface area contributed by atoms with Gasteiger partial charge in [0.1, 0.15) is 11.5 Å². The minimum absolute atomic E-state index is 0. The van der Waals surface area contributed by atoms with Crippen molar-refractivity contribution in [3.63, 3.8) is 0 Å². The molecule has 0 aromatic heterocycles. The molecule has 7 heteroatoms. The molecule has 0 aliphatic heterocycles. The number of benzene rings is 2. The minimum atomic E-state index is -4.25. The second-order valence-electron chi connectivity index (χ2n) is 7.37. The van der Waals surface area contributed by atoms with Crippen LogP contribution in [0.4, 0.5) is 0 Å². The fourth-order valence-corrected chi connectivity index (χ4v) is 3.78. The molecule has 2 aromatic carbocycles. The number of aryl methyl sites for hydroxylation is 1. The summed E-state index contributed by atoms with van der Waals surface area (Å²) in [5, 5.41) is 12.3. The fourth-order valence-electron chi connectivity index (χ4n) is 3.30. The summed E-state index contributed by atoms with van der Waals surface area (Å²) in [6.07, 6.45) is 11.9. The normalized spacial score (nSPS) is 11.1. The SMILES string of the molecule is CCCCCCCCCCCc1cccc([O-])c1Oc1ccc(S(=O)(=O)O)cc1.[Na+]. The van der Waals surface area contributed by atoms with Crippen molar-refractivity contribution in [3.05, 3.63) is 48.0 Å². The smallest absolute Gasteiger partial charge is 0.870 e. The van der Waals surface area contributed by atoms with Gasteiger partial charge in [-0.25, -0.2) is 0 Å². The first-order valence-electron chi connectivity index (χ1n) is 10.5. The molecule has 0 spiro atoms. The number of para-hydroxylation sites is 1. The van der Waals surface area contributed by atoms with E-state index in [0.717, 1.165) is 24.8 Å². The zero-order valence-electron chi connectivity index (χ0n) is 18.1. The summed E-state index contributed by atoms with van der Waals surface area (Å²) >= 11 is 0. The molecular formula is C23H31NaO5S. The second-order valence-corrected chi connectivity index (χ2v) is 8.79. The Morgan fingerprint density at radius 2 is 1.43 bits per heavy atom. The van der Waals surface area contributed by atoms with Gasteiger partial charge in [-0.15, -0.1) is 0 Å². The zero-order chi connectivity index (χ0) is 21.1.